The van der Waals surface area contributed by atoms with Crippen molar-refractivity contribution < 1.29 is 19.2 Å². The van der Waals surface area contributed by atoms with Gasteiger partial charge < -0.3 is 10.1 Å². The van der Waals surface area contributed by atoms with Crippen molar-refractivity contribution >= 4 is 34.9 Å². The third kappa shape index (κ3) is 6.85. The first-order valence-electron chi connectivity index (χ1n) is 8.88. The summed E-state index contributed by atoms with van der Waals surface area (Å²) in [5, 5.41) is 14.0. The van der Waals surface area contributed by atoms with Gasteiger partial charge in [0.25, 0.3) is 5.69 Å². The van der Waals surface area contributed by atoms with Crippen LogP contribution in [0.5, 0.6) is 0 Å². The van der Waals surface area contributed by atoms with Crippen LogP contribution >= 0.6 is 11.6 Å². The summed E-state index contributed by atoms with van der Waals surface area (Å²) >= 11 is 6.10. The lowest BCUT2D eigenvalue weighted by atomic mass is 10.2. The molecule has 0 aliphatic rings. The molecule has 0 spiro atoms. The molecule has 8 nitrogen and oxygen atoms in total. The van der Waals surface area contributed by atoms with Crippen molar-refractivity contribution in [3.05, 3.63) is 68.7 Å². The first-order valence-corrected chi connectivity index (χ1v) is 9.25. The fourth-order valence-electron chi connectivity index (χ4n) is 2.56. The minimum atomic E-state index is -0.493. The van der Waals surface area contributed by atoms with E-state index in [1.807, 2.05) is 0 Å². The van der Waals surface area contributed by atoms with E-state index in [9.17, 15) is 19.7 Å². The molecule has 0 radical (unpaired) electrons. The number of non-ortho nitro benzene ring substituents is 1. The van der Waals surface area contributed by atoms with Crippen LogP contribution in [0.4, 0.5) is 11.4 Å². The smallest absolute Gasteiger partial charge is 0.338 e. The SMILES string of the molecule is CC(C)OC(=O)c1ccc(NC(=O)CN(C)Cc2cc([N+](=O)[O-])ccc2Cl)cc1. The van der Waals surface area contributed by atoms with Gasteiger partial charge in [-0.2, -0.15) is 0 Å². The summed E-state index contributed by atoms with van der Waals surface area (Å²) in [5.74, 6) is -0.696. The van der Waals surface area contributed by atoms with Gasteiger partial charge in [0.05, 0.1) is 23.1 Å². The molecule has 0 bridgehead atoms. The zero-order valence-corrected chi connectivity index (χ0v) is 17.1. The first-order chi connectivity index (χ1) is 13.7. The van der Waals surface area contributed by atoms with Gasteiger partial charge >= 0.3 is 5.97 Å². The molecule has 0 heterocycles. The number of esters is 1. The highest BCUT2D eigenvalue weighted by molar-refractivity contribution is 6.31. The summed E-state index contributed by atoms with van der Waals surface area (Å²) in [6, 6.07) is 10.6. The lowest BCUT2D eigenvalue weighted by Crippen LogP contribution is -2.30. The van der Waals surface area contributed by atoms with Crippen LogP contribution in [-0.4, -0.2) is 41.4 Å². The molecule has 1 amide bonds. The van der Waals surface area contributed by atoms with Crippen LogP contribution in [-0.2, 0) is 16.1 Å². The third-order valence-corrected chi connectivity index (χ3v) is 4.21. The van der Waals surface area contributed by atoms with E-state index < -0.39 is 10.9 Å². The van der Waals surface area contributed by atoms with Crippen molar-refractivity contribution in [2.45, 2.75) is 26.5 Å². The van der Waals surface area contributed by atoms with E-state index in [1.165, 1.54) is 18.2 Å². The van der Waals surface area contributed by atoms with E-state index in [-0.39, 0.29) is 30.8 Å². The van der Waals surface area contributed by atoms with Crippen molar-refractivity contribution in [2.24, 2.45) is 0 Å². The number of nitro groups is 1. The Balaban J connectivity index is 1.93. The highest BCUT2D eigenvalue weighted by Gasteiger charge is 2.14. The Kier molecular flexibility index (Phi) is 7.69. The summed E-state index contributed by atoms with van der Waals surface area (Å²) in [5.41, 5.74) is 1.44. The number of anilines is 1. The number of nitro benzene ring substituents is 1. The monoisotopic (exact) mass is 419 g/mol. The van der Waals surface area contributed by atoms with Gasteiger partial charge in [-0.05, 0) is 56.8 Å². The minimum Gasteiger partial charge on any atom is -0.459 e. The number of carbonyl (C=O) groups is 2. The second kappa shape index (κ2) is 9.99. The Hall–Kier alpha value is -2.97. The van der Waals surface area contributed by atoms with Crippen LogP contribution in [0.3, 0.4) is 0 Å². The number of hydrogen-bond acceptors (Lipinski definition) is 6. The van der Waals surface area contributed by atoms with Crippen LogP contribution in [0, 0.1) is 10.1 Å². The van der Waals surface area contributed by atoms with Gasteiger partial charge in [0.1, 0.15) is 0 Å². The molecule has 0 saturated carbocycles. The number of halogens is 1. The second-order valence-electron chi connectivity index (χ2n) is 6.78. The molecule has 9 heteroatoms. The molecule has 1 N–H and O–H groups in total. The molecule has 2 rings (SSSR count). The first kappa shape index (κ1) is 22.3. The summed E-state index contributed by atoms with van der Waals surface area (Å²) in [6.07, 6.45) is -0.211. The fourth-order valence-corrected chi connectivity index (χ4v) is 2.74. The molecule has 0 atom stereocenters. The maximum Gasteiger partial charge on any atom is 0.338 e. The number of nitrogens with one attached hydrogen (secondary N) is 1. The molecule has 0 aliphatic heterocycles. The Bertz CT molecular complexity index is 899. The average molecular weight is 420 g/mol. The molecule has 0 aliphatic carbocycles. The van der Waals surface area contributed by atoms with E-state index in [0.29, 0.717) is 21.8 Å². The van der Waals surface area contributed by atoms with Crippen LogP contribution in [0.1, 0.15) is 29.8 Å². The van der Waals surface area contributed by atoms with Crippen LogP contribution in [0.25, 0.3) is 0 Å². The van der Waals surface area contributed by atoms with Crippen molar-refractivity contribution in [3.63, 3.8) is 0 Å². The topological polar surface area (TPSA) is 102 Å². The Morgan fingerprint density at radius 2 is 1.86 bits per heavy atom. The number of hydrogen-bond donors (Lipinski definition) is 1. The fraction of sp³-hybridized carbons (Fsp3) is 0.300. The zero-order valence-electron chi connectivity index (χ0n) is 16.3. The number of nitrogens with zero attached hydrogens (tertiary/aromatic N) is 2. The number of carbonyl (C=O) groups excluding carboxylic acids is 2. The normalized spacial score (nSPS) is 10.8. The van der Waals surface area contributed by atoms with Crippen LogP contribution in [0.15, 0.2) is 42.5 Å². The van der Waals surface area contributed by atoms with Gasteiger partial charge in [0, 0.05) is 29.4 Å². The lowest BCUT2D eigenvalue weighted by molar-refractivity contribution is -0.384. The van der Waals surface area contributed by atoms with E-state index in [0.717, 1.165) is 0 Å². The van der Waals surface area contributed by atoms with Crippen molar-refractivity contribution in [2.75, 3.05) is 18.9 Å². The Labute approximate surface area is 173 Å². The Morgan fingerprint density at radius 1 is 1.21 bits per heavy atom. The third-order valence-electron chi connectivity index (χ3n) is 3.84. The van der Waals surface area contributed by atoms with Crippen molar-refractivity contribution in [3.8, 4) is 0 Å². The van der Waals surface area contributed by atoms with Crippen molar-refractivity contribution in [1.29, 1.82) is 0 Å². The van der Waals surface area contributed by atoms with Gasteiger partial charge in [0.2, 0.25) is 5.91 Å². The highest BCUT2D eigenvalue weighted by Crippen LogP contribution is 2.23. The minimum absolute atomic E-state index is 0.0517. The zero-order chi connectivity index (χ0) is 21.6. The van der Waals surface area contributed by atoms with Gasteiger partial charge in [-0.15, -0.1) is 0 Å². The maximum atomic E-state index is 12.3. The van der Waals surface area contributed by atoms with Crippen molar-refractivity contribution in [1.82, 2.24) is 4.90 Å². The van der Waals surface area contributed by atoms with E-state index in [4.69, 9.17) is 16.3 Å². The number of amides is 1. The molecule has 0 aromatic heterocycles. The predicted molar refractivity (Wildman–Crippen MR) is 110 cm³/mol. The molecule has 0 fully saturated rings. The van der Waals surface area contributed by atoms with Gasteiger partial charge in [-0.1, -0.05) is 11.6 Å². The summed E-state index contributed by atoms with van der Waals surface area (Å²) in [4.78, 5) is 36.2. The van der Waals surface area contributed by atoms with Gasteiger partial charge in [-0.25, -0.2) is 4.79 Å². The lowest BCUT2D eigenvalue weighted by Gasteiger charge is -2.17. The molecule has 0 unspecified atom stereocenters. The quantitative estimate of drug-likeness (QED) is 0.395. The standard InChI is InChI=1S/C20H22ClN3O5/c1-13(2)29-20(26)14-4-6-16(7-5-14)22-19(25)12-23(3)11-15-10-17(24(27)28)8-9-18(15)21/h4-10,13H,11-12H2,1-3H3,(H,22,25). The summed E-state index contributed by atoms with van der Waals surface area (Å²) in [7, 11) is 1.71. The van der Waals surface area contributed by atoms with Crippen LogP contribution in [0.2, 0.25) is 5.02 Å². The number of rotatable bonds is 8. The Morgan fingerprint density at radius 3 is 2.45 bits per heavy atom. The van der Waals surface area contributed by atoms with Gasteiger partial charge in [0.15, 0.2) is 0 Å². The van der Waals surface area contributed by atoms with Gasteiger partial charge in [-0.3, -0.25) is 19.8 Å². The van der Waals surface area contributed by atoms with E-state index >= 15 is 0 Å². The molecule has 2 aromatic rings. The molecular formula is C20H22ClN3O5. The second-order valence-corrected chi connectivity index (χ2v) is 7.19. The molecule has 154 valence electrons. The number of ether oxygens (including phenoxy) is 1. The summed E-state index contributed by atoms with van der Waals surface area (Å²) < 4.78 is 5.11. The number of likely N-dealkylation sites (N-methyl/N-ethyl adjacent to an activating group) is 1. The van der Waals surface area contributed by atoms with Crippen LogP contribution < -0.4 is 5.32 Å². The molecular weight excluding hydrogens is 398 g/mol. The molecule has 0 saturated heterocycles. The van der Waals surface area contributed by atoms with E-state index in [2.05, 4.69) is 5.32 Å². The molecule has 2 aromatic carbocycles. The largest absolute Gasteiger partial charge is 0.459 e. The molecule has 29 heavy (non-hydrogen) atoms. The predicted octanol–water partition coefficient (Wildman–Crippen LogP) is 3.88. The van der Waals surface area contributed by atoms with E-state index in [1.54, 1.807) is 50.1 Å². The average Bonchev–Trinajstić information content (AvgIpc) is 2.63. The number of benzene rings is 2. The highest BCUT2D eigenvalue weighted by atomic mass is 35.5. The summed E-state index contributed by atoms with van der Waals surface area (Å²) in [6.45, 7) is 3.86. The maximum absolute atomic E-state index is 12.3.